The van der Waals surface area contributed by atoms with Crippen LogP contribution in [0.3, 0.4) is 0 Å². The smallest absolute Gasteiger partial charge is 0.0577 e. The third kappa shape index (κ3) is 3.11. The van der Waals surface area contributed by atoms with E-state index >= 15 is 0 Å². The Morgan fingerprint density at radius 1 is 0.926 bits per heavy atom. The zero-order chi connectivity index (χ0) is 19.4. The van der Waals surface area contributed by atoms with Crippen LogP contribution in [0, 0.1) is 46.3 Å². The van der Waals surface area contributed by atoms with E-state index in [-0.39, 0.29) is 12.2 Å². The molecule has 156 valence electrons. The van der Waals surface area contributed by atoms with Gasteiger partial charge in [0.2, 0.25) is 0 Å². The summed E-state index contributed by atoms with van der Waals surface area (Å²) in [6.07, 6.45) is 10.8. The van der Waals surface area contributed by atoms with Gasteiger partial charge in [0.15, 0.2) is 0 Å². The van der Waals surface area contributed by atoms with Crippen LogP contribution in [-0.2, 0) is 0 Å². The van der Waals surface area contributed by atoms with Gasteiger partial charge in [0.25, 0.3) is 0 Å². The van der Waals surface area contributed by atoms with E-state index in [2.05, 4.69) is 20.8 Å². The first-order valence-electron chi connectivity index (χ1n) is 11.8. The summed E-state index contributed by atoms with van der Waals surface area (Å²) < 4.78 is 0. The highest BCUT2D eigenvalue weighted by atomic mass is 16.3. The molecular formula is C24H42O3. The summed E-state index contributed by atoms with van der Waals surface area (Å²) in [4.78, 5) is 0. The number of fused-ring (bicyclic) bond motifs is 5. The summed E-state index contributed by atoms with van der Waals surface area (Å²) >= 11 is 0. The van der Waals surface area contributed by atoms with E-state index in [1.807, 2.05) is 0 Å². The third-order valence-electron chi connectivity index (χ3n) is 10.2. The maximum Gasteiger partial charge on any atom is 0.0577 e. The van der Waals surface area contributed by atoms with Gasteiger partial charge in [-0.3, -0.25) is 0 Å². The average Bonchev–Trinajstić information content (AvgIpc) is 2.98. The summed E-state index contributed by atoms with van der Waals surface area (Å²) in [5.41, 5.74) is 0.694. The molecule has 4 aliphatic carbocycles. The molecule has 0 saturated heterocycles. The second kappa shape index (κ2) is 7.29. The van der Waals surface area contributed by atoms with Crippen molar-refractivity contribution in [3.05, 3.63) is 0 Å². The van der Waals surface area contributed by atoms with Gasteiger partial charge in [0, 0.05) is 6.61 Å². The highest BCUT2D eigenvalue weighted by Gasteiger charge is 2.62. The van der Waals surface area contributed by atoms with Gasteiger partial charge in [-0.05, 0) is 111 Å². The lowest BCUT2D eigenvalue weighted by Crippen LogP contribution is -2.58. The Morgan fingerprint density at radius 3 is 2.37 bits per heavy atom. The summed E-state index contributed by atoms with van der Waals surface area (Å²) in [7, 11) is 0. The van der Waals surface area contributed by atoms with E-state index in [1.54, 1.807) is 0 Å². The molecule has 0 heterocycles. The summed E-state index contributed by atoms with van der Waals surface area (Å²) in [5, 5.41) is 30.7. The largest absolute Gasteiger partial charge is 0.396 e. The lowest BCUT2D eigenvalue weighted by atomic mass is 9.43. The van der Waals surface area contributed by atoms with Gasteiger partial charge in [-0.15, -0.1) is 0 Å². The Bertz CT molecular complexity index is 536. The van der Waals surface area contributed by atoms with Crippen molar-refractivity contribution in [1.82, 2.24) is 0 Å². The van der Waals surface area contributed by atoms with Crippen LogP contribution in [-0.4, -0.2) is 34.1 Å². The minimum Gasteiger partial charge on any atom is -0.396 e. The van der Waals surface area contributed by atoms with Gasteiger partial charge >= 0.3 is 0 Å². The fourth-order valence-electron chi connectivity index (χ4n) is 8.79. The first-order valence-corrected chi connectivity index (χ1v) is 11.8. The molecular weight excluding hydrogens is 336 g/mol. The maximum absolute atomic E-state index is 11.3. The van der Waals surface area contributed by atoms with E-state index in [9.17, 15) is 15.3 Å². The standard InChI is InChI=1S/C24H42O3/c1-15(5-4-12-25)18-6-7-19-22-20(9-11-24(18,19)3)23(2)10-8-17(26)13-16(23)14-21(22)27/h15-22,25-27H,4-14H2,1-3H3/t15-,16+,17-,18?,19+,20+,21-,22+,23+,24-/m1/s1. The molecule has 3 heteroatoms. The molecule has 27 heavy (non-hydrogen) atoms. The quantitative estimate of drug-likeness (QED) is 0.680. The van der Waals surface area contributed by atoms with Gasteiger partial charge in [0.1, 0.15) is 0 Å². The summed E-state index contributed by atoms with van der Waals surface area (Å²) in [6, 6.07) is 0. The van der Waals surface area contributed by atoms with Crippen LogP contribution < -0.4 is 0 Å². The second-order valence-electron chi connectivity index (χ2n) is 11.3. The van der Waals surface area contributed by atoms with Crippen molar-refractivity contribution in [3.8, 4) is 0 Å². The number of aliphatic hydroxyl groups excluding tert-OH is 3. The molecule has 4 fully saturated rings. The third-order valence-corrected chi connectivity index (χ3v) is 10.2. The molecule has 0 spiro atoms. The van der Waals surface area contributed by atoms with E-state index in [4.69, 9.17) is 0 Å². The molecule has 1 unspecified atom stereocenters. The van der Waals surface area contributed by atoms with Crippen LogP contribution in [0.4, 0.5) is 0 Å². The summed E-state index contributed by atoms with van der Waals surface area (Å²) in [5.74, 6) is 3.71. The van der Waals surface area contributed by atoms with Crippen molar-refractivity contribution in [2.75, 3.05) is 6.61 Å². The van der Waals surface area contributed by atoms with Crippen LogP contribution in [0.2, 0.25) is 0 Å². The van der Waals surface area contributed by atoms with Gasteiger partial charge in [-0.1, -0.05) is 20.8 Å². The monoisotopic (exact) mass is 378 g/mol. The van der Waals surface area contributed by atoms with Crippen LogP contribution in [0.1, 0.15) is 85.0 Å². The Hall–Kier alpha value is -0.120. The highest BCUT2D eigenvalue weighted by molar-refractivity contribution is 5.11. The fraction of sp³-hybridized carbons (Fsp3) is 1.00. The Labute approximate surface area is 165 Å². The Morgan fingerprint density at radius 2 is 1.63 bits per heavy atom. The average molecular weight is 379 g/mol. The van der Waals surface area contributed by atoms with E-state index in [0.29, 0.717) is 47.0 Å². The van der Waals surface area contributed by atoms with E-state index in [1.165, 1.54) is 25.7 Å². The molecule has 0 radical (unpaired) electrons. The maximum atomic E-state index is 11.3. The molecule has 4 saturated carbocycles. The molecule has 0 aromatic carbocycles. The van der Waals surface area contributed by atoms with E-state index in [0.717, 1.165) is 44.4 Å². The normalized spacial score (nSPS) is 53.3. The summed E-state index contributed by atoms with van der Waals surface area (Å²) in [6.45, 7) is 7.74. The number of hydrogen-bond donors (Lipinski definition) is 3. The molecule has 4 rings (SSSR count). The van der Waals surface area contributed by atoms with Gasteiger partial charge in [0.05, 0.1) is 12.2 Å². The molecule has 4 aliphatic rings. The fourth-order valence-corrected chi connectivity index (χ4v) is 8.79. The Balaban J connectivity index is 1.57. The van der Waals surface area contributed by atoms with Gasteiger partial charge in [-0.25, -0.2) is 0 Å². The first-order chi connectivity index (χ1) is 12.8. The molecule has 0 aliphatic heterocycles. The molecule has 0 bridgehead atoms. The lowest BCUT2D eigenvalue weighted by Gasteiger charge is -2.62. The molecule has 0 aromatic rings. The van der Waals surface area contributed by atoms with Crippen molar-refractivity contribution >= 4 is 0 Å². The van der Waals surface area contributed by atoms with Crippen molar-refractivity contribution in [3.63, 3.8) is 0 Å². The zero-order valence-electron chi connectivity index (χ0n) is 17.7. The molecule has 0 aromatic heterocycles. The van der Waals surface area contributed by atoms with Crippen molar-refractivity contribution in [2.45, 2.75) is 97.2 Å². The second-order valence-corrected chi connectivity index (χ2v) is 11.3. The van der Waals surface area contributed by atoms with Crippen molar-refractivity contribution in [1.29, 1.82) is 0 Å². The van der Waals surface area contributed by atoms with Gasteiger partial charge < -0.3 is 15.3 Å². The highest BCUT2D eigenvalue weighted by Crippen LogP contribution is 2.68. The molecule has 0 amide bonds. The predicted octanol–water partition coefficient (Wildman–Crippen LogP) is 4.39. The molecule has 3 N–H and O–H groups in total. The van der Waals surface area contributed by atoms with Crippen molar-refractivity contribution in [2.24, 2.45) is 46.3 Å². The van der Waals surface area contributed by atoms with Crippen LogP contribution in [0.25, 0.3) is 0 Å². The Kier molecular flexibility index (Phi) is 5.44. The molecule has 3 nitrogen and oxygen atoms in total. The van der Waals surface area contributed by atoms with Crippen LogP contribution in [0.15, 0.2) is 0 Å². The number of rotatable bonds is 4. The zero-order valence-corrected chi connectivity index (χ0v) is 17.7. The SMILES string of the molecule is C[C@H](CCCO)C1CC[C@H]2[C@@H]3[C@H](O)C[C@@H]4C[C@H](O)CC[C@]4(C)[C@H]3CC[C@]12C. The van der Waals surface area contributed by atoms with E-state index < -0.39 is 0 Å². The topological polar surface area (TPSA) is 60.7 Å². The van der Waals surface area contributed by atoms with Gasteiger partial charge in [-0.2, -0.15) is 0 Å². The lowest BCUT2D eigenvalue weighted by molar-refractivity contribution is -0.174. The predicted molar refractivity (Wildman–Crippen MR) is 108 cm³/mol. The first kappa shape index (κ1) is 20.2. The minimum absolute atomic E-state index is 0.149. The number of hydrogen-bond acceptors (Lipinski definition) is 3. The molecule has 10 atom stereocenters. The van der Waals surface area contributed by atoms with Crippen molar-refractivity contribution < 1.29 is 15.3 Å². The van der Waals surface area contributed by atoms with Crippen LogP contribution in [0.5, 0.6) is 0 Å². The van der Waals surface area contributed by atoms with Crippen LogP contribution >= 0.6 is 0 Å². The minimum atomic E-state index is -0.172. The number of aliphatic hydroxyl groups is 3.